The molecule has 6 heteroatoms. The Kier molecular flexibility index (Phi) is 13.2. The number of carbonyl (C=O) groups excluding carboxylic acids is 2. The molecule has 0 spiro atoms. The SMILES string of the molecule is N=C=O.N=C=O.NC(N)(c1ccccc1)c1ccccc1.c1ccc(Cc2ccccc2)cc1. The second-order valence-electron chi connectivity index (χ2n) is 6.95. The summed E-state index contributed by atoms with van der Waals surface area (Å²) in [7, 11) is 0. The van der Waals surface area contributed by atoms with E-state index in [1.54, 1.807) is 0 Å². The van der Waals surface area contributed by atoms with Gasteiger partial charge in [0.25, 0.3) is 0 Å². The normalized spacial score (nSPS) is 9.24. The van der Waals surface area contributed by atoms with E-state index >= 15 is 0 Å². The van der Waals surface area contributed by atoms with Crippen molar-refractivity contribution >= 4 is 12.2 Å². The van der Waals surface area contributed by atoms with Gasteiger partial charge in [-0.05, 0) is 28.7 Å². The van der Waals surface area contributed by atoms with Gasteiger partial charge in [-0.15, -0.1) is 0 Å². The van der Waals surface area contributed by atoms with Gasteiger partial charge in [-0.25, -0.2) is 20.4 Å². The lowest BCUT2D eigenvalue weighted by Crippen LogP contribution is -2.46. The first kappa shape index (κ1) is 27.6. The van der Waals surface area contributed by atoms with Crippen molar-refractivity contribution in [3.05, 3.63) is 144 Å². The van der Waals surface area contributed by atoms with Crippen LogP contribution in [0, 0.1) is 10.8 Å². The van der Waals surface area contributed by atoms with E-state index in [2.05, 4.69) is 60.7 Å². The summed E-state index contributed by atoms with van der Waals surface area (Å²) in [6.45, 7) is 0. The topological polar surface area (TPSA) is 134 Å². The molecule has 0 atom stereocenters. The lowest BCUT2D eigenvalue weighted by Gasteiger charge is -2.25. The zero-order valence-electron chi connectivity index (χ0n) is 18.7. The van der Waals surface area contributed by atoms with E-state index in [0.717, 1.165) is 29.7 Å². The maximum absolute atomic E-state index is 8.35. The molecule has 0 amide bonds. The van der Waals surface area contributed by atoms with E-state index in [9.17, 15) is 0 Å². The van der Waals surface area contributed by atoms with Gasteiger partial charge in [0.1, 0.15) is 5.66 Å². The Morgan fingerprint density at radius 3 is 1.03 bits per heavy atom. The molecule has 34 heavy (non-hydrogen) atoms. The number of isocyanates is 2. The van der Waals surface area contributed by atoms with Crippen molar-refractivity contribution in [2.24, 2.45) is 11.5 Å². The maximum Gasteiger partial charge on any atom is 0.231 e. The van der Waals surface area contributed by atoms with Crippen LogP contribution in [-0.2, 0) is 21.7 Å². The van der Waals surface area contributed by atoms with E-state index in [1.165, 1.54) is 11.1 Å². The van der Waals surface area contributed by atoms with Crippen molar-refractivity contribution in [3.63, 3.8) is 0 Å². The molecule has 0 aliphatic carbocycles. The minimum atomic E-state index is -0.914. The van der Waals surface area contributed by atoms with Gasteiger partial charge in [0.05, 0.1) is 0 Å². The number of benzene rings is 4. The van der Waals surface area contributed by atoms with Crippen molar-refractivity contribution in [1.29, 1.82) is 10.8 Å². The largest absolute Gasteiger partial charge is 0.306 e. The number of hydrogen-bond acceptors (Lipinski definition) is 6. The standard InChI is InChI=1S/C13H14N2.C13H12.2CHNO/c14-13(15,11-7-3-1-4-8-11)12-9-5-2-6-10-12;1-3-7-12(8-4-1)11-13-9-5-2-6-10-13;2*2-1-3/h1-10H,14-15H2;1-10H,11H2;2*2H. The molecule has 6 nitrogen and oxygen atoms in total. The second kappa shape index (κ2) is 16.2. The summed E-state index contributed by atoms with van der Waals surface area (Å²) in [5, 5.41) is 10.8. The highest BCUT2D eigenvalue weighted by atomic mass is 16.1. The van der Waals surface area contributed by atoms with Crippen LogP contribution in [0.5, 0.6) is 0 Å². The minimum absolute atomic E-state index is 0.750. The predicted molar refractivity (Wildman–Crippen MR) is 135 cm³/mol. The fourth-order valence-corrected chi connectivity index (χ4v) is 3.02. The maximum atomic E-state index is 8.35. The molecule has 172 valence electrons. The highest BCUT2D eigenvalue weighted by molar-refractivity contribution is 5.36. The molecule has 0 aliphatic rings. The van der Waals surface area contributed by atoms with Gasteiger partial charge in [-0.1, -0.05) is 121 Å². The summed E-state index contributed by atoms with van der Waals surface area (Å²) in [4.78, 5) is 16.7. The number of rotatable bonds is 4. The molecule has 0 fully saturated rings. The van der Waals surface area contributed by atoms with Crippen molar-refractivity contribution in [3.8, 4) is 0 Å². The smallest absolute Gasteiger partial charge is 0.231 e. The van der Waals surface area contributed by atoms with E-state index in [0.29, 0.717) is 0 Å². The number of nitrogens with one attached hydrogen (secondary N) is 2. The fourth-order valence-electron chi connectivity index (χ4n) is 3.02. The quantitative estimate of drug-likeness (QED) is 0.199. The average molecular weight is 453 g/mol. The lowest BCUT2D eigenvalue weighted by atomic mass is 9.93. The highest BCUT2D eigenvalue weighted by Gasteiger charge is 2.23. The lowest BCUT2D eigenvalue weighted by molar-refractivity contribution is 0.562. The van der Waals surface area contributed by atoms with Crippen molar-refractivity contribution < 1.29 is 9.59 Å². The van der Waals surface area contributed by atoms with Crippen LogP contribution in [0.4, 0.5) is 0 Å². The third kappa shape index (κ3) is 10.2. The Morgan fingerprint density at radius 2 is 0.765 bits per heavy atom. The molecule has 0 saturated heterocycles. The minimum Gasteiger partial charge on any atom is -0.306 e. The Labute approximate surface area is 199 Å². The molecular formula is C28H28N4O2. The third-order valence-electron chi connectivity index (χ3n) is 4.60. The molecule has 0 saturated carbocycles. The van der Waals surface area contributed by atoms with Crippen LogP contribution >= 0.6 is 0 Å². The van der Waals surface area contributed by atoms with Crippen LogP contribution in [0.15, 0.2) is 121 Å². The highest BCUT2D eigenvalue weighted by Crippen LogP contribution is 2.20. The first-order valence-corrected chi connectivity index (χ1v) is 10.3. The predicted octanol–water partition coefficient (Wildman–Crippen LogP) is 4.88. The van der Waals surface area contributed by atoms with Crippen LogP contribution in [0.1, 0.15) is 22.3 Å². The van der Waals surface area contributed by atoms with Crippen molar-refractivity contribution in [2.75, 3.05) is 0 Å². The Bertz CT molecular complexity index is 1030. The van der Waals surface area contributed by atoms with Gasteiger partial charge in [-0.2, -0.15) is 0 Å². The molecule has 0 radical (unpaired) electrons. The molecule has 4 rings (SSSR count). The molecule has 0 aliphatic heterocycles. The molecule has 4 aromatic carbocycles. The van der Waals surface area contributed by atoms with Gasteiger partial charge < -0.3 is 11.5 Å². The van der Waals surface area contributed by atoms with Crippen LogP contribution in [0.3, 0.4) is 0 Å². The van der Waals surface area contributed by atoms with E-state index in [-0.39, 0.29) is 0 Å². The molecule has 0 heterocycles. The number of hydrogen-bond donors (Lipinski definition) is 4. The summed E-state index contributed by atoms with van der Waals surface area (Å²) in [6, 6.07) is 40.5. The Hall–Kier alpha value is -4.44. The summed E-state index contributed by atoms with van der Waals surface area (Å²) < 4.78 is 0. The molecule has 0 unspecified atom stereocenters. The van der Waals surface area contributed by atoms with Gasteiger partial charge in [-0.3, -0.25) is 0 Å². The van der Waals surface area contributed by atoms with E-state index in [1.807, 2.05) is 60.7 Å². The van der Waals surface area contributed by atoms with Crippen molar-refractivity contribution in [2.45, 2.75) is 12.1 Å². The van der Waals surface area contributed by atoms with Crippen LogP contribution < -0.4 is 11.5 Å². The van der Waals surface area contributed by atoms with Gasteiger partial charge in [0.2, 0.25) is 12.2 Å². The van der Waals surface area contributed by atoms with Crippen LogP contribution in [0.25, 0.3) is 0 Å². The Morgan fingerprint density at radius 1 is 0.529 bits per heavy atom. The summed E-state index contributed by atoms with van der Waals surface area (Å²) >= 11 is 0. The second-order valence-corrected chi connectivity index (χ2v) is 6.95. The van der Waals surface area contributed by atoms with Gasteiger partial charge >= 0.3 is 0 Å². The monoisotopic (exact) mass is 452 g/mol. The number of nitrogens with two attached hydrogens (primary N) is 2. The fraction of sp³-hybridized carbons (Fsp3) is 0.0714. The van der Waals surface area contributed by atoms with E-state index in [4.69, 9.17) is 31.9 Å². The third-order valence-corrected chi connectivity index (χ3v) is 4.60. The summed E-state index contributed by atoms with van der Waals surface area (Å²) in [6.07, 6.45) is 2.53. The summed E-state index contributed by atoms with van der Waals surface area (Å²) in [5.74, 6) is 0. The Balaban J connectivity index is 0.000000278. The molecule has 0 aromatic heterocycles. The molecule has 4 aromatic rings. The zero-order chi connectivity index (χ0) is 25.1. The molecular weight excluding hydrogens is 424 g/mol. The van der Waals surface area contributed by atoms with Gasteiger partial charge in [0, 0.05) is 0 Å². The molecule has 0 bridgehead atoms. The zero-order valence-corrected chi connectivity index (χ0v) is 18.7. The average Bonchev–Trinajstić information content (AvgIpc) is 2.88. The van der Waals surface area contributed by atoms with Crippen LogP contribution in [-0.4, -0.2) is 12.2 Å². The summed E-state index contributed by atoms with van der Waals surface area (Å²) in [5.41, 5.74) is 15.9. The van der Waals surface area contributed by atoms with Crippen LogP contribution in [0.2, 0.25) is 0 Å². The first-order valence-electron chi connectivity index (χ1n) is 10.3. The van der Waals surface area contributed by atoms with Crippen molar-refractivity contribution in [1.82, 2.24) is 0 Å². The molecule has 6 N–H and O–H groups in total. The first-order chi connectivity index (χ1) is 16.5. The van der Waals surface area contributed by atoms with E-state index < -0.39 is 5.66 Å². The van der Waals surface area contributed by atoms with Gasteiger partial charge in [0.15, 0.2) is 0 Å².